The highest BCUT2D eigenvalue weighted by molar-refractivity contribution is 7.15. The largest absolute Gasteiger partial charge is 0.351 e. The molecule has 0 spiro atoms. The van der Waals surface area contributed by atoms with Crippen molar-refractivity contribution in [3.8, 4) is 0 Å². The second-order valence-electron chi connectivity index (χ2n) is 6.19. The number of rotatable bonds is 3. The van der Waals surface area contributed by atoms with E-state index < -0.39 is 0 Å². The lowest BCUT2D eigenvalue weighted by Crippen LogP contribution is -2.45. The van der Waals surface area contributed by atoms with Crippen molar-refractivity contribution < 1.29 is 9.59 Å². The predicted octanol–water partition coefficient (Wildman–Crippen LogP) is 0.858. The van der Waals surface area contributed by atoms with E-state index in [0.717, 1.165) is 23.5 Å². The van der Waals surface area contributed by atoms with E-state index in [2.05, 4.69) is 15.6 Å². The summed E-state index contributed by atoms with van der Waals surface area (Å²) in [5.41, 5.74) is 0.977. The lowest BCUT2D eigenvalue weighted by Gasteiger charge is -2.23. The van der Waals surface area contributed by atoms with Gasteiger partial charge in [0.2, 0.25) is 5.91 Å². The number of nitrogens with zero attached hydrogens (tertiary/aromatic N) is 3. The summed E-state index contributed by atoms with van der Waals surface area (Å²) in [5.74, 6) is 0.0362. The molecule has 2 atom stereocenters. The third-order valence-corrected chi connectivity index (χ3v) is 5.32. The molecule has 2 bridgehead atoms. The van der Waals surface area contributed by atoms with Crippen molar-refractivity contribution in [1.29, 1.82) is 0 Å². The number of amides is 3. The summed E-state index contributed by atoms with van der Waals surface area (Å²) in [6, 6.07) is 0.0198. The Balaban J connectivity index is 1.31. The first-order valence-electron chi connectivity index (χ1n) is 7.93. The van der Waals surface area contributed by atoms with Crippen LogP contribution < -0.4 is 10.6 Å². The molecule has 8 heteroatoms. The van der Waals surface area contributed by atoms with Crippen LogP contribution in [0.25, 0.3) is 4.96 Å². The second kappa shape index (κ2) is 5.84. The average molecular weight is 333 g/mol. The van der Waals surface area contributed by atoms with Crippen LogP contribution in [0.15, 0.2) is 17.8 Å². The van der Waals surface area contributed by atoms with Gasteiger partial charge in [-0.1, -0.05) is 0 Å². The summed E-state index contributed by atoms with van der Waals surface area (Å²) in [4.78, 5) is 31.4. The molecule has 0 aromatic carbocycles. The molecule has 3 amide bonds. The molecule has 0 radical (unpaired) electrons. The molecule has 2 N–H and O–H groups in total. The molecule has 3 aliphatic heterocycles. The van der Waals surface area contributed by atoms with Crippen LogP contribution in [0.3, 0.4) is 0 Å². The highest BCUT2D eigenvalue weighted by atomic mass is 32.1. The minimum absolute atomic E-state index is 0.0561. The molecule has 23 heavy (non-hydrogen) atoms. The number of imidazole rings is 1. The molecule has 0 saturated carbocycles. The fourth-order valence-corrected chi connectivity index (χ4v) is 4.03. The maximum absolute atomic E-state index is 12.3. The van der Waals surface area contributed by atoms with Gasteiger partial charge in [-0.15, -0.1) is 11.3 Å². The van der Waals surface area contributed by atoms with Crippen molar-refractivity contribution in [1.82, 2.24) is 24.9 Å². The third-order valence-electron chi connectivity index (χ3n) is 4.55. The van der Waals surface area contributed by atoms with Gasteiger partial charge >= 0.3 is 6.03 Å². The number of hydrogen-bond acceptors (Lipinski definition) is 4. The fourth-order valence-electron chi connectivity index (χ4n) is 3.31. The molecular formula is C15H19N5O2S. The SMILES string of the molecule is O=C1NC2CCC1CN(C(=O)NCCc1cn3ccsc3n1)C2. The highest BCUT2D eigenvalue weighted by Gasteiger charge is 2.36. The van der Waals surface area contributed by atoms with E-state index >= 15 is 0 Å². The Kier molecular flexibility index (Phi) is 3.68. The maximum Gasteiger partial charge on any atom is 0.317 e. The highest BCUT2D eigenvalue weighted by Crippen LogP contribution is 2.22. The first kappa shape index (κ1) is 14.5. The number of thiazole rings is 1. The number of urea groups is 1. The Morgan fingerprint density at radius 2 is 2.35 bits per heavy atom. The number of carbonyl (C=O) groups excluding carboxylic acids is 2. The quantitative estimate of drug-likeness (QED) is 0.874. The van der Waals surface area contributed by atoms with Crippen LogP contribution in [-0.2, 0) is 11.2 Å². The number of hydrogen-bond donors (Lipinski definition) is 2. The summed E-state index contributed by atoms with van der Waals surface area (Å²) in [6.45, 7) is 1.68. The van der Waals surface area contributed by atoms with Crippen molar-refractivity contribution >= 4 is 28.2 Å². The van der Waals surface area contributed by atoms with E-state index in [1.54, 1.807) is 16.2 Å². The molecule has 2 aromatic rings. The summed E-state index contributed by atoms with van der Waals surface area (Å²) in [6.07, 6.45) is 6.52. The molecule has 3 fully saturated rings. The molecule has 0 aliphatic carbocycles. The molecule has 2 aromatic heterocycles. The van der Waals surface area contributed by atoms with Gasteiger partial charge in [-0.3, -0.25) is 9.20 Å². The molecule has 5 rings (SSSR count). The van der Waals surface area contributed by atoms with Crippen molar-refractivity contribution in [3.63, 3.8) is 0 Å². The van der Waals surface area contributed by atoms with Gasteiger partial charge in [-0.25, -0.2) is 9.78 Å². The topological polar surface area (TPSA) is 78.7 Å². The van der Waals surface area contributed by atoms with Gasteiger partial charge in [0.25, 0.3) is 0 Å². The monoisotopic (exact) mass is 333 g/mol. The molecule has 122 valence electrons. The smallest absolute Gasteiger partial charge is 0.317 e. The number of nitrogens with one attached hydrogen (secondary N) is 2. The third kappa shape index (κ3) is 2.90. The van der Waals surface area contributed by atoms with Crippen molar-refractivity contribution in [2.75, 3.05) is 19.6 Å². The zero-order valence-corrected chi connectivity index (χ0v) is 13.5. The van der Waals surface area contributed by atoms with E-state index in [1.807, 2.05) is 22.2 Å². The second-order valence-corrected chi connectivity index (χ2v) is 7.06. The maximum atomic E-state index is 12.3. The Morgan fingerprint density at radius 3 is 3.17 bits per heavy atom. The molecular weight excluding hydrogens is 314 g/mol. The van der Waals surface area contributed by atoms with E-state index in [0.29, 0.717) is 26.1 Å². The van der Waals surface area contributed by atoms with Gasteiger partial charge in [0.1, 0.15) is 0 Å². The van der Waals surface area contributed by atoms with Gasteiger partial charge in [0, 0.05) is 49.9 Å². The Morgan fingerprint density at radius 1 is 1.43 bits per heavy atom. The summed E-state index contributed by atoms with van der Waals surface area (Å²) >= 11 is 1.60. The molecule has 3 saturated heterocycles. The zero-order valence-electron chi connectivity index (χ0n) is 12.7. The van der Waals surface area contributed by atoms with Crippen molar-refractivity contribution in [2.24, 2.45) is 5.92 Å². The van der Waals surface area contributed by atoms with E-state index in [4.69, 9.17) is 0 Å². The van der Waals surface area contributed by atoms with E-state index in [1.165, 1.54) is 0 Å². The van der Waals surface area contributed by atoms with E-state index in [9.17, 15) is 9.59 Å². The van der Waals surface area contributed by atoms with E-state index in [-0.39, 0.29) is 23.9 Å². The Bertz CT molecular complexity index is 711. The van der Waals surface area contributed by atoms with Crippen LogP contribution in [0, 0.1) is 5.92 Å². The first-order valence-corrected chi connectivity index (χ1v) is 8.81. The van der Waals surface area contributed by atoms with Crippen molar-refractivity contribution in [2.45, 2.75) is 25.3 Å². The van der Waals surface area contributed by atoms with Gasteiger partial charge in [-0.2, -0.15) is 0 Å². The minimum Gasteiger partial charge on any atom is -0.351 e. The average Bonchev–Trinajstić information content (AvgIpc) is 2.98. The molecule has 5 heterocycles. The van der Waals surface area contributed by atoms with Gasteiger partial charge < -0.3 is 15.5 Å². The summed E-state index contributed by atoms with van der Waals surface area (Å²) in [7, 11) is 0. The lowest BCUT2D eigenvalue weighted by molar-refractivity contribution is -0.126. The lowest BCUT2D eigenvalue weighted by atomic mass is 9.96. The van der Waals surface area contributed by atoms with Crippen LogP contribution in [0.1, 0.15) is 18.5 Å². The number of fused-ring (bicyclic) bond motifs is 5. The van der Waals surface area contributed by atoms with Crippen LogP contribution in [0.5, 0.6) is 0 Å². The van der Waals surface area contributed by atoms with Gasteiger partial charge in [0.05, 0.1) is 11.6 Å². The number of aromatic nitrogens is 2. The summed E-state index contributed by atoms with van der Waals surface area (Å²) in [5, 5.41) is 7.93. The fraction of sp³-hybridized carbons (Fsp3) is 0.533. The number of piperidine rings is 1. The van der Waals surface area contributed by atoms with Gasteiger partial charge in [0.15, 0.2) is 4.96 Å². The Hall–Kier alpha value is -2.09. The van der Waals surface area contributed by atoms with Crippen LogP contribution in [-0.4, -0.2) is 51.9 Å². The number of carbonyl (C=O) groups is 2. The normalized spacial score (nSPS) is 23.8. The minimum atomic E-state index is -0.0839. The van der Waals surface area contributed by atoms with Crippen molar-refractivity contribution in [3.05, 3.63) is 23.5 Å². The Labute approximate surface area is 137 Å². The van der Waals surface area contributed by atoms with Gasteiger partial charge in [-0.05, 0) is 12.8 Å². The van der Waals surface area contributed by atoms with Crippen LogP contribution >= 0.6 is 11.3 Å². The summed E-state index contributed by atoms with van der Waals surface area (Å²) < 4.78 is 1.99. The van der Waals surface area contributed by atoms with Crippen LogP contribution in [0.4, 0.5) is 4.79 Å². The standard InChI is InChI=1S/C15H19N5O2S/c21-13-10-1-2-11(17-13)9-20(7-10)14(22)16-4-3-12-8-19-5-6-23-15(19)18-12/h5-6,8,10-11H,1-4,7,9H2,(H,16,22)(H,17,21). The molecule has 7 nitrogen and oxygen atoms in total. The van der Waals surface area contributed by atoms with Crippen LogP contribution in [0.2, 0.25) is 0 Å². The molecule has 2 unspecified atom stereocenters. The first-order chi connectivity index (χ1) is 11.2. The molecule has 3 aliphatic rings. The zero-order chi connectivity index (χ0) is 15.8. The predicted molar refractivity (Wildman–Crippen MR) is 86.4 cm³/mol.